The fourth-order valence-electron chi connectivity index (χ4n) is 2.91. The first-order valence-electron chi connectivity index (χ1n) is 7.72. The van der Waals surface area contributed by atoms with Crippen molar-refractivity contribution in [1.29, 1.82) is 0 Å². The molecule has 0 aliphatic heterocycles. The van der Waals surface area contributed by atoms with E-state index in [0.29, 0.717) is 6.04 Å². The first kappa shape index (κ1) is 14.6. The van der Waals surface area contributed by atoms with Crippen LogP contribution in [0.25, 0.3) is 10.8 Å². The molecule has 0 saturated heterocycles. The molecule has 0 radical (unpaired) electrons. The summed E-state index contributed by atoms with van der Waals surface area (Å²) in [5.41, 5.74) is 2.62. The molecule has 0 saturated carbocycles. The zero-order valence-corrected chi connectivity index (χ0v) is 13.1. The molecule has 0 aliphatic carbocycles. The van der Waals surface area contributed by atoms with Crippen LogP contribution in [0.2, 0.25) is 0 Å². The van der Waals surface area contributed by atoms with Crippen molar-refractivity contribution in [3.8, 4) is 5.75 Å². The van der Waals surface area contributed by atoms with Gasteiger partial charge >= 0.3 is 0 Å². The van der Waals surface area contributed by atoms with E-state index in [-0.39, 0.29) is 0 Å². The van der Waals surface area contributed by atoms with Crippen molar-refractivity contribution < 1.29 is 10.1 Å². The molecule has 0 aromatic heterocycles. The van der Waals surface area contributed by atoms with Gasteiger partial charge in [-0.25, -0.2) is 0 Å². The Hall–Kier alpha value is -2.32. The molecule has 2 nitrogen and oxygen atoms in total. The van der Waals surface area contributed by atoms with Crippen LogP contribution >= 0.6 is 0 Å². The standard InChI is InChI=1S/C20H21NO/c1-15(16-8-4-3-5-9-16)21-14-19-18-11-7-6-10-17(18)12-13-20(19)22-2/h3-13,15,21H,14H2,1-2H3/p+1/t15-/m1/s1. The number of methoxy groups -OCH3 is 1. The molecule has 0 amide bonds. The molecule has 0 spiro atoms. The molecular formula is C20H22NO+. The molecular weight excluding hydrogens is 270 g/mol. The molecule has 0 unspecified atom stereocenters. The number of rotatable bonds is 5. The quantitative estimate of drug-likeness (QED) is 0.763. The van der Waals surface area contributed by atoms with E-state index in [0.717, 1.165) is 12.3 Å². The lowest BCUT2D eigenvalue weighted by atomic mass is 10.0. The number of benzene rings is 3. The highest BCUT2D eigenvalue weighted by atomic mass is 16.5. The first-order chi connectivity index (χ1) is 10.8. The zero-order chi connectivity index (χ0) is 15.4. The highest BCUT2D eigenvalue weighted by Gasteiger charge is 2.13. The normalized spacial score (nSPS) is 12.3. The molecule has 2 N–H and O–H groups in total. The minimum Gasteiger partial charge on any atom is -0.496 e. The molecule has 1 atom stereocenters. The molecule has 112 valence electrons. The third kappa shape index (κ3) is 2.97. The van der Waals surface area contributed by atoms with E-state index < -0.39 is 0 Å². The predicted octanol–water partition coefficient (Wildman–Crippen LogP) is 3.67. The van der Waals surface area contributed by atoms with Gasteiger partial charge < -0.3 is 10.1 Å². The van der Waals surface area contributed by atoms with Crippen LogP contribution < -0.4 is 10.1 Å². The van der Waals surface area contributed by atoms with Crippen LogP contribution in [0.1, 0.15) is 24.1 Å². The van der Waals surface area contributed by atoms with Gasteiger partial charge in [-0.05, 0) is 23.8 Å². The van der Waals surface area contributed by atoms with Crippen LogP contribution in [0.4, 0.5) is 0 Å². The van der Waals surface area contributed by atoms with Crippen molar-refractivity contribution in [2.24, 2.45) is 0 Å². The highest BCUT2D eigenvalue weighted by Crippen LogP contribution is 2.27. The van der Waals surface area contributed by atoms with Crippen LogP contribution in [0.5, 0.6) is 5.75 Å². The molecule has 0 aliphatic rings. The summed E-state index contributed by atoms with van der Waals surface area (Å²) in [6, 6.07) is 23.7. The fourth-order valence-corrected chi connectivity index (χ4v) is 2.91. The Kier molecular flexibility index (Phi) is 4.40. The summed E-state index contributed by atoms with van der Waals surface area (Å²) in [7, 11) is 1.74. The molecule has 3 rings (SSSR count). The van der Waals surface area contributed by atoms with E-state index in [9.17, 15) is 0 Å². The van der Waals surface area contributed by atoms with E-state index in [4.69, 9.17) is 4.74 Å². The number of hydrogen-bond acceptors (Lipinski definition) is 1. The minimum atomic E-state index is 0.421. The average molecular weight is 292 g/mol. The van der Waals surface area contributed by atoms with Crippen LogP contribution in [0.3, 0.4) is 0 Å². The Balaban J connectivity index is 1.87. The Bertz CT molecular complexity index is 752. The van der Waals surface area contributed by atoms with Crippen molar-refractivity contribution in [3.05, 3.63) is 77.9 Å². The lowest BCUT2D eigenvalue weighted by Crippen LogP contribution is -2.83. The maximum Gasteiger partial charge on any atom is 0.128 e. The van der Waals surface area contributed by atoms with E-state index in [1.54, 1.807) is 7.11 Å². The largest absolute Gasteiger partial charge is 0.496 e. The second kappa shape index (κ2) is 6.63. The van der Waals surface area contributed by atoms with E-state index in [1.807, 2.05) is 0 Å². The summed E-state index contributed by atoms with van der Waals surface area (Å²) in [5, 5.41) is 4.90. The number of ether oxygens (including phenoxy) is 1. The summed E-state index contributed by atoms with van der Waals surface area (Å²) in [4.78, 5) is 0. The Labute approximate surface area is 131 Å². The van der Waals surface area contributed by atoms with Crippen molar-refractivity contribution in [2.45, 2.75) is 19.5 Å². The molecule has 0 fully saturated rings. The maximum atomic E-state index is 5.57. The summed E-state index contributed by atoms with van der Waals surface area (Å²) in [6.07, 6.45) is 0. The highest BCUT2D eigenvalue weighted by molar-refractivity contribution is 5.87. The summed E-state index contributed by atoms with van der Waals surface area (Å²) in [6.45, 7) is 3.15. The summed E-state index contributed by atoms with van der Waals surface area (Å²) < 4.78 is 5.57. The fraction of sp³-hybridized carbons (Fsp3) is 0.200. The summed E-state index contributed by atoms with van der Waals surface area (Å²) in [5.74, 6) is 0.968. The smallest absolute Gasteiger partial charge is 0.128 e. The van der Waals surface area contributed by atoms with Crippen LogP contribution in [0, 0.1) is 0 Å². The maximum absolute atomic E-state index is 5.57. The third-order valence-corrected chi connectivity index (χ3v) is 4.22. The number of nitrogens with two attached hydrogens (primary N) is 1. The topological polar surface area (TPSA) is 25.8 Å². The lowest BCUT2D eigenvalue weighted by Gasteiger charge is -2.15. The van der Waals surface area contributed by atoms with Gasteiger partial charge in [0.2, 0.25) is 0 Å². The van der Waals surface area contributed by atoms with Gasteiger partial charge in [0.25, 0.3) is 0 Å². The number of quaternary nitrogens is 1. The van der Waals surface area contributed by atoms with Crippen molar-refractivity contribution in [3.63, 3.8) is 0 Å². The Morgan fingerprint density at radius 3 is 2.41 bits per heavy atom. The molecule has 2 heteroatoms. The minimum absolute atomic E-state index is 0.421. The predicted molar refractivity (Wildman–Crippen MR) is 91.0 cm³/mol. The second-order valence-electron chi connectivity index (χ2n) is 5.61. The van der Waals surface area contributed by atoms with E-state index in [1.165, 1.54) is 21.9 Å². The third-order valence-electron chi connectivity index (χ3n) is 4.22. The van der Waals surface area contributed by atoms with Gasteiger partial charge in [-0.1, -0.05) is 60.7 Å². The van der Waals surface area contributed by atoms with Gasteiger partial charge in [0.1, 0.15) is 18.3 Å². The van der Waals surface area contributed by atoms with Crippen molar-refractivity contribution in [1.82, 2.24) is 0 Å². The van der Waals surface area contributed by atoms with Crippen LogP contribution in [-0.2, 0) is 6.54 Å². The molecule has 0 heterocycles. The molecule has 3 aromatic rings. The SMILES string of the molecule is COc1ccc2ccccc2c1C[NH2+][C@H](C)c1ccccc1. The Morgan fingerprint density at radius 1 is 0.909 bits per heavy atom. The molecule has 0 bridgehead atoms. The van der Waals surface area contributed by atoms with Gasteiger partial charge in [0.15, 0.2) is 0 Å². The lowest BCUT2D eigenvalue weighted by molar-refractivity contribution is -0.707. The van der Waals surface area contributed by atoms with Gasteiger partial charge in [0.05, 0.1) is 12.7 Å². The first-order valence-corrected chi connectivity index (χ1v) is 7.72. The van der Waals surface area contributed by atoms with Gasteiger partial charge in [-0.3, -0.25) is 0 Å². The summed E-state index contributed by atoms with van der Waals surface area (Å²) >= 11 is 0. The van der Waals surface area contributed by atoms with E-state index >= 15 is 0 Å². The average Bonchev–Trinajstić information content (AvgIpc) is 2.60. The van der Waals surface area contributed by atoms with Crippen molar-refractivity contribution in [2.75, 3.05) is 7.11 Å². The monoisotopic (exact) mass is 292 g/mol. The molecule has 22 heavy (non-hydrogen) atoms. The van der Waals surface area contributed by atoms with Gasteiger partial charge in [0, 0.05) is 5.56 Å². The zero-order valence-electron chi connectivity index (χ0n) is 13.1. The number of hydrogen-bond donors (Lipinski definition) is 1. The van der Waals surface area contributed by atoms with Crippen molar-refractivity contribution >= 4 is 10.8 Å². The van der Waals surface area contributed by atoms with E-state index in [2.05, 4.69) is 79.0 Å². The number of fused-ring (bicyclic) bond motifs is 1. The second-order valence-corrected chi connectivity index (χ2v) is 5.61. The van der Waals surface area contributed by atoms with Gasteiger partial charge in [-0.15, -0.1) is 0 Å². The van der Waals surface area contributed by atoms with Gasteiger partial charge in [-0.2, -0.15) is 0 Å². The van der Waals surface area contributed by atoms with Crippen LogP contribution in [-0.4, -0.2) is 7.11 Å². The van der Waals surface area contributed by atoms with Crippen LogP contribution in [0.15, 0.2) is 66.7 Å². The molecule has 3 aromatic carbocycles. The Morgan fingerprint density at radius 2 is 1.64 bits per heavy atom.